The van der Waals surface area contributed by atoms with E-state index in [9.17, 15) is 0 Å². The van der Waals surface area contributed by atoms with E-state index in [1.807, 2.05) is 19.2 Å². The van der Waals surface area contributed by atoms with Crippen LogP contribution in [0.15, 0.2) is 83.4 Å². The van der Waals surface area contributed by atoms with Crippen LogP contribution >= 0.6 is 0 Å². The predicted molar refractivity (Wildman–Crippen MR) is 111 cm³/mol. The van der Waals surface area contributed by atoms with Gasteiger partial charge in [0.25, 0.3) is 0 Å². The van der Waals surface area contributed by atoms with Crippen LogP contribution in [0, 0.1) is 0 Å². The topological polar surface area (TPSA) is 12.4 Å². The molecule has 2 aromatic carbocycles. The molecule has 0 N–H and O–H groups in total. The number of unbranched alkanes of at least 4 members (excludes halogenated alkanes) is 2. The Morgan fingerprint density at radius 2 is 1.60 bits per heavy atom. The summed E-state index contributed by atoms with van der Waals surface area (Å²) in [7, 11) is 0. The number of hydrogen-bond donors (Lipinski definition) is 0. The van der Waals surface area contributed by atoms with Crippen molar-refractivity contribution in [1.29, 1.82) is 0 Å². The summed E-state index contributed by atoms with van der Waals surface area (Å²) in [6.45, 7) is 5.05. The van der Waals surface area contributed by atoms with Gasteiger partial charge in [-0.25, -0.2) is 0 Å². The SMILES string of the molecule is C/C=C\C(C)=C/C=NCCCCCc1ccc(-c2ccccc2)cc1. The minimum Gasteiger partial charge on any atom is -0.293 e. The van der Waals surface area contributed by atoms with E-state index in [1.165, 1.54) is 35.1 Å². The van der Waals surface area contributed by atoms with E-state index in [-0.39, 0.29) is 0 Å². The molecule has 0 aliphatic rings. The van der Waals surface area contributed by atoms with Crippen LogP contribution in [0.4, 0.5) is 0 Å². The zero-order valence-corrected chi connectivity index (χ0v) is 15.5. The maximum atomic E-state index is 4.45. The third kappa shape index (κ3) is 7.34. The third-order valence-corrected chi connectivity index (χ3v) is 4.19. The van der Waals surface area contributed by atoms with Gasteiger partial charge in [0.05, 0.1) is 0 Å². The molecule has 0 saturated carbocycles. The zero-order valence-electron chi connectivity index (χ0n) is 15.5. The van der Waals surface area contributed by atoms with Gasteiger partial charge in [-0.15, -0.1) is 0 Å². The summed E-state index contributed by atoms with van der Waals surface area (Å²) in [6.07, 6.45) is 12.9. The predicted octanol–water partition coefficient (Wildman–Crippen LogP) is 6.66. The van der Waals surface area contributed by atoms with Crippen LogP contribution in [-0.2, 0) is 6.42 Å². The Bertz CT molecular complexity index is 691. The second-order valence-corrected chi connectivity index (χ2v) is 6.34. The molecule has 0 radical (unpaired) electrons. The first kappa shape index (κ1) is 18.9. The van der Waals surface area contributed by atoms with E-state index in [2.05, 4.69) is 78.7 Å². The van der Waals surface area contributed by atoms with Crippen molar-refractivity contribution in [2.45, 2.75) is 39.5 Å². The van der Waals surface area contributed by atoms with Crippen molar-refractivity contribution < 1.29 is 0 Å². The molecule has 0 fully saturated rings. The van der Waals surface area contributed by atoms with Gasteiger partial charge >= 0.3 is 0 Å². The van der Waals surface area contributed by atoms with Crippen LogP contribution in [-0.4, -0.2) is 12.8 Å². The van der Waals surface area contributed by atoms with Gasteiger partial charge in [0, 0.05) is 12.8 Å². The average Bonchev–Trinajstić information content (AvgIpc) is 2.65. The highest BCUT2D eigenvalue weighted by molar-refractivity contribution is 5.72. The first-order valence-corrected chi connectivity index (χ1v) is 9.23. The largest absolute Gasteiger partial charge is 0.293 e. The Hall–Kier alpha value is -2.41. The molecule has 2 aromatic rings. The lowest BCUT2D eigenvalue weighted by molar-refractivity contribution is 0.688. The van der Waals surface area contributed by atoms with E-state index in [0.29, 0.717) is 0 Å². The first-order chi connectivity index (χ1) is 12.3. The van der Waals surface area contributed by atoms with Crippen LogP contribution in [0.1, 0.15) is 38.7 Å². The summed E-state index contributed by atoms with van der Waals surface area (Å²) < 4.78 is 0. The quantitative estimate of drug-likeness (QED) is 0.277. The Morgan fingerprint density at radius 3 is 2.32 bits per heavy atom. The smallest absolute Gasteiger partial charge is 0.0389 e. The summed E-state index contributed by atoms with van der Waals surface area (Å²) >= 11 is 0. The fourth-order valence-electron chi connectivity index (χ4n) is 2.77. The Labute approximate surface area is 152 Å². The lowest BCUT2D eigenvalue weighted by Gasteiger charge is -2.04. The molecule has 130 valence electrons. The van der Waals surface area contributed by atoms with Crippen molar-refractivity contribution in [3.05, 3.63) is 84.0 Å². The Kier molecular flexibility index (Phi) is 8.48. The molecule has 0 atom stereocenters. The number of aryl methyl sites for hydroxylation is 1. The fraction of sp³-hybridized carbons (Fsp3) is 0.292. The van der Waals surface area contributed by atoms with Gasteiger partial charge in [0.2, 0.25) is 0 Å². The van der Waals surface area contributed by atoms with Gasteiger partial charge in [-0.3, -0.25) is 4.99 Å². The molecule has 0 aliphatic carbocycles. The highest BCUT2D eigenvalue weighted by Crippen LogP contribution is 2.19. The molecule has 0 unspecified atom stereocenters. The summed E-state index contributed by atoms with van der Waals surface area (Å²) in [5.41, 5.74) is 5.24. The van der Waals surface area contributed by atoms with E-state index < -0.39 is 0 Å². The number of benzene rings is 2. The van der Waals surface area contributed by atoms with Crippen LogP contribution < -0.4 is 0 Å². The highest BCUT2D eigenvalue weighted by atomic mass is 14.7. The van der Waals surface area contributed by atoms with Gasteiger partial charge in [-0.2, -0.15) is 0 Å². The van der Waals surface area contributed by atoms with Crippen molar-refractivity contribution in [3.8, 4) is 11.1 Å². The van der Waals surface area contributed by atoms with Crippen molar-refractivity contribution >= 4 is 6.21 Å². The molecule has 1 nitrogen and oxygen atoms in total. The molecule has 0 spiro atoms. The van der Waals surface area contributed by atoms with E-state index >= 15 is 0 Å². The first-order valence-electron chi connectivity index (χ1n) is 9.23. The van der Waals surface area contributed by atoms with Crippen LogP contribution in [0.5, 0.6) is 0 Å². The molecular weight excluding hydrogens is 302 g/mol. The summed E-state index contributed by atoms with van der Waals surface area (Å²) in [5, 5.41) is 0. The molecule has 25 heavy (non-hydrogen) atoms. The minimum absolute atomic E-state index is 0.923. The van der Waals surface area contributed by atoms with E-state index in [4.69, 9.17) is 0 Å². The van der Waals surface area contributed by atoms with Gasteiger partial charge in [-0.1, -0.05) is 73.2 Å². The second kappa shape index (κ2) is 11.2. The van der Waals surface area contributed by atoms with Crippen LogP contribution in [0.2, 0.25) is 0 Å². The molecule has 1 heteroatoms. The van der Waals surface area contributed by atoms with Crippen molar-refractivity contribution in [3.63, 3.8) is 0 Å². The lowest BCUT2D eigenvalue weighted by Crippen LogP contribution is -1.88. The molecule has 2 rings (SSSR count). The monoisotopic (exact) mass is 331 g/mol. The molecule has 0 aliphatic heterocycles. The molecule has 0 aromatic heterocycles. The Morgan fingerprint density at radius 1 is 0.880 bits per heavy atom. The van der Waals surface area contributed by atoms with Gasteiger partial charge in [0.15, 0.2) is 0 Å². The van der Waals surface area contributed by atoms with Gasteiger partial charge < -0.3 is 0 Å². The summed E-state index contributed by atoms with van der Waals surface area (Å²) in [6, 6.07) is 19.5. The number of aliphatic imine (C=N–C) groups is 1. The maximum absolute atomic E-state index is 4.45. The maximum Gasteiger partial charge on any atom is 0.0389 e. The Balaban J connectivity index is 1.65. The second-order valence-electron chi connectivity index (χ2n) is 6.34. The van der Waals surface area contributed by atoms with Crippen molar-refractivity contribution in [1.82, 2.24) is 0 Å². The highest BCUT2D eigenvalue weighted by Gasteiger charge is 1.98. The number of rotatable bonds is 9. The van der Waals surface area contributed by atoms with E-state index in [1.54, 1.807) is 0 Å². The van der Waals surface area contributed by atoms with Gasteiger partial charge in [0.1, 0.15) is 0 Å². The molecular formula is C24H29N. The van der Waals surface area contributed by atoms with Crippen LogP contribution in [0.25, 0.3) is 11.1 Å². The number of hydrogen-bond acceptors (Lipinski definition) is 1. The molecule has 0 bridgehead atoms. The van der Waals surface area contributed by atoms with Gasteiger partial charge in [-0.05, 0) is 61.4 Å². The summed E-state index contributed by atoms with van der Waals surface area (Å²) in [5.74, 6) is 0. The van der Waals surface area contributed by atoms with Crippen molar-refractivity contribution in [2.75, 3.05) is 6.54 Å². The van der Waals surface area contributed by atoms with E-state index in [0.717, 1.165) is 19.4 Å². The molecule has 0 saturated heterocycles. The number of allylic oxidation sites excluding steroid dienone is 4. The number of nitrogens with zero attached hydrogens (tertiary/aromatic N) is 1. The lowest BCUT2D eigenvalue weighted by atomic mass is 10.0. The standard InChI is InChI=1S/C24H29N/c1-3-10-21(2)18-20-25-19-9-5-6-11-22-14-16-24(17-15-22)23-12-7-4-8-13-23/h3-4,7-8,10,12-18,20H,5-6,9,11,19H2,1-2H3/b10-3-,21-18-,25-20?. The fourth-order valence-corrected chi connectivity index (χ4v) is 2.77. The van der Waals surface area contributed by atoms with Crippen LogP contribution in [0.3, 0.4) is 0 Å². The minimum atomic E-state index is 0.923. The third-order valence-electron chi connectivity index (χ3n) is 4.19. The summed E-state index contributed by atoms with van der Waals surface area (Å²) in [4.78, 5) is 4.45. The van der Waals surface area contributed by atoms with Crippen molar-refractivity contribution in [2.24, 2.45) is 4.99 Å². The molecule has 0 heterocycles. The normalized spacial score (nSPS) is 12.3. The molecule has 0 amide bonds. The average molecular weight is 332 g/mol. The zero-order chi connectivity index (χ0) is 17.7.